The second kappa shape index (κ2) is 4.28. The third-order valence-electron chi connectivity index (χ3n) is 1.26. The predicted molar refractivity (Wildman–Crippen MR) is 52.1 cm³/mol. The molecule has 0 spiro atoms. The van der Waals surface area contributed by atoms with Crippen LogP contribution in [0.15, 0.2) is 24.3 Å². The van der Waals surface area contributed by atoms with E-state index in [2.05, 4.69) is 12.2 Å². The normalized spacial score (nSPS) is 9.17. The molecule has 0 saturated carbocycles. The Hall–Kier alpha value is -0.800. The van der Waals surface area contributed by atoms with E-state index in [-0.39, 0.29) is 4.51 Å². The van der Waals surface area contributed by atoms with Crippen molar-refractivity contribution in [2.24, 2.45) is 0 Å². The van der Waals surface area contributed by atoms with Crippen molar-refractivity contribution in [3.05, 3.63) is 24.3 Å². The lowest BCUT2D eigenvalue weighted by Crippen LogP contribution is -1.95. The Balaban J connectivity index is 2.71. The average molecular weight is 203 g/mol. The lowest BCUT2D eigenvalue weighted by molar-refractivity contribution is 0.414. The number of rotatable bonds is 2. The van der Waals surface area contributed by atoms with Gasteiger partial charge in [-0.15, -0.1) is 0 Å². The molecule has 64 valence electrons. The molecule has 0 fully saturated rings. The minimum atomic E-state index is -0.0137. The molecular formula is C8H7ClO2S. The number of thiocarbonyl (C=S) groups is 1. The van der Waals surface area contributed by atoms with Crippen molar-refractivity contribution in [1.82, 2.24) is 0 Å². The van der Waals surface area contributed by atoms with Crippen LogP contribution in [0.25, 0.3) is 0 Å². The minimum absolute atomic E-state index is 0.0137. The van der Waals surface area contributed by atoms with Gasteiger partial charge in [0.15, 0.2) is 0 Å². The summed E-state index contributed by atoms with van der Waals surface area (Å²) < 4.78 is 9.89. The maximum absolute atomic E-state index is 5.36. The van der Waals surface area contributed by atoms with Crippen molar-refractivity contribution in [3.8, 4) is 11.5 Å². The Kier molecular flexibility index (Phi) is 3.31. The zero-order valence-corrected chi connectivity index (χ0v) is 7.98. The molecule has 1 aromatic rings. The van der Waals surface area contributed by atoms with Crippen molar-refractivity contribution >= 4 is 28.3 Å². The highest BCUT2D eigenvalue weighted by molar-refractivity contribution is 7.82. The molecule has 0 aromatic heterocycles. The van der Waals surface area contributed by atoms with Crippen LogP contribution in [0.1, 0.15) is 0 Å². The van der Waals surface area contributed by atoms with Crippen LogP contribution < -0.4 is 9.47 Å². The van der Waals surface area contributed by atoms with E-state index in [9.17, 15) is 0 Å². The minimum Gasteiger partial charge on any atom is -0.497 e. The van der Waals surface area contributed by atoms with Crippen molar-refractivity contribution in [3.63, 3.8) is 0 Å². The van der Waals surface area contributed by atoms with Crippen LogP contribution >= 0.6 is 23.8 Å². The van der Waals surface area contributed by atoms with Gasteiger partial charge in [0.25, 0.3) is 4.51 Å². The van der Waals surface area contributed by atoms with Gasteiger partial charge in [0.2, 0.25) is 0 Å². The number of hydrogen-bond donors (Lipinski definition) is 0. The maximum atomic E-state index is 5.36. The molecule has 0 aliphatic rings. The maximum Gasteiger partial charge on any atom is 0.260 e. The van der Waals surface area contributed by atoms with Crippen molar-refractivity contribution in [2.75, 3.05) is 7.11 Å². The zero-order valence-electron chi connectivity index (χ0n) is 6.41. The van der Waals surface area contributed by atoms with Crippen molar-refractivity contribution in [1.29, 1.82) is 0 Å². The lowest BCUT2D eigenvalue weighted by Gasteiger charge is -2.02. The third kappa shape index (κ3) is 2.68. The fraction of sp³-hybridized carbons (Fsp3) is 0.125. The van der Waals surface area contributed by atoms with Crippen LogP contribution in [0.2, 0.25) is 0 Å². The molecule has 1 rings (SSSR count). The molecule has 1 aromatic carbocycles. The number of ether oxygens (including phenoxy) is 2. The van der Waals surface area contributed by atoms with Gasteiger partial charge in [-0.05, 0) is 48.1 Å². The summed E-state index contributed by atoms with van der Waals surface area (Å²) in [5, 5.41) is 0. The van der Waals surface area contributed by atoms with Gasteiger partial charge < -0.3 is 9.47 Å². The molecule has 12 heavy (non-hydrogen) atoms. The standard InChI is InChI=1S/C8H7ClO2S/c1-10-6-2-4-7(5-3-6)11-8(9)12/h2-5H,1H3. The highest BCUT2D eigenvalue weighted by Gasteiger charge is 1.96. The molecule has 0 atom stereocenters. The number of hydrogen-bond acceptors (Lipinski definition) is 3. The van der Waals surface area contributed by atoms with E-state index in [1.807, 2.05) is 0 Å². The monoisotopic (exact) mass is 202 g/mol. The van der Waals surface area contributed by atoms with Gasteiger partial charge in [0.05, 0.1) is 7.11 Å². The molecule has 0 bridgehead atoms. The van der Waals surface area contributed by atoms with Crippen LogP contribution in [0.4, 0.5) is 0 Å². The van der Waals surface area contributed by atoms with Crippen LogP contribution in [0, 0.1) is 0 Å². The summed E-state index contributed by atoms with van der Waals surface area (Å²) in [6.07, 6.45) is 0. The Labute approximate surface area is 81.1 Å². The Bertz CT molecular complexity index is 271. The summed E-state index contributed by atoms with van der Waals surface area (Å²) in [7, 11) is 1.60. The molecule has 0 aliphatic heterocycles. The Morgan fingerprint density at radius 1 is 1.25 bits per heavy atom. The van der Waals surface area contributed by atoms with E-state index < -0.39 is 0 Å². The van der Waals surface area contributed by atoms with E-state index >= 15 is 0 Å². The molecule has 0 unspecified atom stereocenters. The Morgan fingerprint density at radius 3 is 2.17 bits per heavy atom. The first-order chi connectivity index (χ1) is 5.72. The smallest absolute Gasteiger partial charge is 0.260 e. The van der Waals surface area contributed by atoms with Crippen molar-refractivity contribution < 1.29 is 9.47 Å². The van der Waals surface area contributed by atoms with Gasteiger partial charge in [0.1, 0.15) is 11.5 Å². The summed E-state index contributed by atoms with van der Waals surface area (Å²) in [5.74, 6) is 1.37. The van der Waals surface area contributed by atoms with Crippen LogP contribution in [0.5, 0.6) is 11.5 Å². The number of methoxy groups -OCH3 is 1. The van der Waals surface area contributed by atoms with E-state index in [0.29, 0.717) is 5.75 Å². The van der Waals surface area contributed by atoms with E-state index in [4.69, 9.17) is 21.1 Å². The molecule has 0 radical (unpaired) electrons. The number of benzene rings is 1. The van der Waals surface area contributed by atoms with E-state index in [0.717, 1.165) is 5.75 Å². The molecule has 0 saturated heterocycles. The van der Waals surface area contributed by atoms with Crippen LogP contribution in [0.3, 0.4) is 0 Å². The second-order valence-corrected chi connectivity index (χ2v) is 2.95. The molecule has 0 heterocycles. The quantitative estimate of drug-likeness (QED) is 0.543. The molecule has 2 nitrogen and oxygen atoms in total. The summed E-state index contributed by atoms with van der Waals surface area (Å²) in [6.45, 7) is 0. The molecular weight excluding hydrogens is 196 g/mol. The summed E-state index contributed by atoms with van der Waals surface area (Å²) >= 11 is 9.91. The topological polar surface area (TPSA) is 18.5 Å². The van der Waals surface area contributed by atoms with Gasteiger partial charge in [-0.2, -0.15) is 0 Å². The SMILES string of the molecule is COc1ccc(OC(=S)Cl)cc1. The second-order valence-electron chi connectivity index (χ2n) is 2.02. The van der Waals surface area contributed by atoms with Crippen LogP contribution in [-0.4, -0.2) is 11.6 Å². The fourth-order valence-electron chi connectivity index (χ4n) is 0.736. The van der Waals surface area contributed by atoms with Gasteiger partial charge in [0, 0.05) is 0 Å². The first-order valence-corrected chi connectivity index (χ1v) is 4.02. The molecule has 4 heteroatoms. The zero-order chi connectivity index (χ0) is 8.97. The van der Waals surface area contributed by atoms with E-state index in [1.165, 1.54) is 0 Å². The summed E-state index contributed by atoms with van der Waals surface area (Å²) in [4.78, 5) is 0. The average Bonchev–Trinajstić information content (AvgIpc) is 2.05. The molecule has 0 amide bonds. The number of halogens is 1. The van der Waals surface area contributed by atoms with E-state index in [1.54, 1.807) is 31.4 Å². The highest BCUT2D eigenvalue weighted by atomic mass is 35.5. The van der Waals surface area contributed by atoms with Gasteiger partial charge in [-0.3, -0.25) is 0 Å². The summed E-state index contributed by atoms with van der Waals surface area (Å²) in [5.41, 5.74) is 0. The predicted octanol–water partition coefficient (Wildman–Crippen LogP) is 2.60. The fourth-order valence-corrected chi connectivity index (χ4v) is 0.922. The third-order valence-corrected chi connectivity index (χ3v) is 1.42. The van der Waals surface area contributed by atoms with Gasteiger partial charge in [-0.1, -0.05) is 0 Å². The van der Waals surface area contributed by atoms with Gasteiger partial charge in [-0.25, -0.2) is 0 Å². The van der Waals surface area contributed by atoms with Gasteiger partial charge >= 0.3 is 0 Å². The van der Waals surface area contributed by atoms with Crippen LogP contribution in [-0.2, 0) is 0 Å². The molecule has 0 N–H and O–H groups in total. The summed E-state index contributed by atoms with van der Waals surface area (Å²) in [6, 6.07) is 7.00. The Morgan fingerprint density at radius 2 is 1.75 bits per heavy atom. The largest absolute Gasteiger partial charge is 0.497 e. The lowest BCUT2D eigenvalue weighted by atomic mass is 10.3. The molecule has 0 aliphatic carbocycles. The highest BCUT2D eigenvalue weighted by Crippen LogP contribution is 2.17. The van der Waals surface area contributed by atoms with Crippen molar-refractivity contribution in [2.45, 2.75) is 0 Å². The first kappa shape index (κ1) is 9.29. The first-order valence-electron chi connectivity index (χ1n) is 3.24.